The molecule has 0 aromatic rings. The first-order valence-electron chi connectivity index (χ1n) is 22.0. The van der Waals surface area contributed by atoms with E-state index in [4.69, 9.17) is 24.3 Å². The first-order chi connectivity index (χ1) is 27.4. The number of aliphatic hydroxyl groups excluding tert-OH is 3. The molecule has 0 saturated heterocycles. The molecule has 57 heavy (non-hydrogen) atoms. The minimum atomic E-state index is -4.48. The number of hydrogen-bond acceptors (Lipinski definition) is 12. The van der Waals surface area contributed by atoms with Crippen LogP contribution in [-0.4, -0.2) is 88.7 Å². The number of hydrogen-bond donors (Lipinski definition) is 5. The van der Waals surface area contributed by atoms with Gasteiger partial charge in [-0.15, -0.1) is 0 Å². The van der Waals surface area contributed by atoms with Crippen molar-refractivity contribution >= 4 is 25.5 Å². The molecule has 13 nitrogen and oxygen atoms in total. The molecule has 1 unspecified atom stereocenters. The zero-order chi connectivity index (χ0) is 42.2. The number of Topliss-reactive ketones (excluding diaryl/α,β-unsaturated/α-hetero) is 1. The van der Waals surface area contributed by atoms with Gasteiger partial charge in [0.15, 0.2) is 6.10 Å². The fourth-order valence-electron chi connectivity index (χ4n) is 6.92. The van der Waals surface area contributed by atoms with Gasteiger partial charge in [0, 0.05) is 50.5 Å². The molecular formula is C43H78NO12P. The smallest absolute Gasteiger partial charge is 0.462 e. The quantitative estimate of drug-likeness (QED) is 0.0174. The standard InChI is InChI=1S/C43H78NO12P/c1-3-5-7-8-9-10-11-12-13-14-15-16-17-18-20-25-42(49)53-33-37(34-55-57(51,52)54-30-29-44)56-43(50)26-22-21-24-36(46)31-39-38(40(47)32-41(39)48)28-27-35(45)23-19-6-4-2/h10-11,27-28,35,37-41,45,47-48H,3-9,12-26,29-34,44H2,1-2H3,(H,51,52)/b11-10-,28-27+/t35-,37+,38+,39+,40+,41-/m0/s1. The van der Waals surface area contributed by atoms with Gasteiger partial charge in [-0.1, -0.05) is 109 Å². The van der Waals surface area contributed by atoms with E-state index in [1.165, 1.54) is 51.4 Å². The normalized spacial score (nSPS) is 20.5. The second-order valence-corrected chi connectivity index (χ2v) is 17.0. The van der Waals surface area contributed by atoms with Crippen LogP contribution in [0.15, 0.2) is 24.3 Å². The Bertz CT molecular complexity index is 1170. The number of esters is 2. The van der Waals surface area contributed by atoms with E-state index < -0.39 is 62.6 Å². The van der Waals surface area contributed by atoms with Gasteiger partial charge in [-0.2, -0.15) is 0 Å². The molecule has 0 aromatic heterocycles. The molecule has 6 N–H and O–H groups in total. The van der Waals surface area contributed by atoms with E-state index in [1.807, 2.05) is 0 Å². The summed E-state index contributed by atoms with van der Waals surface area (Å²) < 4.78 is 32.7. The molecule has 1 fully saturated rings. The average molecular weight is 832 g/mol. The zero-order valence-corrected chi connectivity index (χ0v) is 36.0. The predicted octanol–water partition coefficient (Wildman–Crippen LogP) is 7.95. The number of aliphatic hydroxyl groups is 3. The van der Waals surface area contributed by atoms with Crippen LogP contribution in [0, 0.1) is 11.8 Å². The highest BCUT2D eigenvalue weighted by Gasteiger charge is 2.41. The molecule has 0 radical (unpaired) electrons. The first-order valence-corrected chi connectivity index (χ1v) is 23.5. The number of unbranched alkanes of at least 4 members (excludes halogenated alkanes) is 14. The number of carbonyl (C=O) groups excluding carboxylic acids is 3. The van der Waals surface area contributed by atoms with Crippen LogP contribution in [0.25, 0.3) is 0 Å². The maximum atomic E-state index is 12.8. The molecule has 1 saturated carbocycles. The van der Waals surface area contributed by atoms with Crippen LogP contribution in [0.1, 0.15) is 168 Å². The lowest BCUT2D eigenvalue weighted by molar-refractivity contribution is -0.161. The van der Waals surface area contributed by atoms with Gasteiger partial charge < -0.3 is 35.4 Å². The third-order valence-electron chi connectivity index (χ3n) is 10.3. The fraction of sp³-hybridized carbons (Fsp3) is 0.837. The second-order valence-electron chi connectivity index (χ2n) is 15.5. The zero-order valence-electron chi connectivity index (χ0n) is 35.2. The Kier molecular flexibility index (Phi) is 31.5. The van der Waals surface area contributed by atoms with Crippen molar-refractivity contribution in [1.82, 2.24) is 0 Å². The first kappa shape index (κ1) is 53.1. The summed E-state index contributed by atoms with van der Waals surface area (Å²) in [6.45, 7) is 3.17. The summed E-state index contributed by atoms with van der Waals surface area (Å²) in [5.74, 6) is -2.13. The fourth-order valence-corrected chi connectivity index (χ4v) is 7.68. The molecule has 0 spiro atoms. The minimum absolute atomic E-state index is 0.00645. The Labute approximate surface area is 343 Å². The van der Waals surface area contributed by atoms with Crippen LogP contribution in [0.2, 0.25) is 0 Å². The molecule has 0 amide bonds. The van der Waals surface area contributed by atoms with E-state index in [0.29, 0.717) is 25.7 Å². The van der Waals surface area contributed by atoms with Crippen LogP contribution < -0.4 is 5.73 Å². The van der Waals surface area contributed by atoms with Gasteiger partial charge in [-0.25, -0.2) is 4.57 Å². The lowest BCUT2D eigenvalue weighted by Crippen LogP contribution is -2.29. The topological polar surface area (TPSA) is 212 Å². The molecular weight excluding hydrogens is 753 g/mol. The van der Waals surface area contributed by atoms with Crippen LogP contribution in [0.4, 0.5) is 0 Å². The van der Waals surface area contributed by atoms with Crippen LogP contribution >= 0.6 is 7.82 Å². The summed E-state index contributed by atoms with van der Waals surface area (Å²) in [6, 6.07) is 0. The number of ether oxygens (including phenoxy) is 2. The Morgan fingerprint density at radius 2 is 1.33 bits per heavy atom. The van der Waals surface area contributed by atoms with E-state index in [2.05, 4.69) is 26.0 Å². The molecule has 0 bridgehead atoms. The SMILES string of the molecule is CCCCCC/C=C\CCCCCCCCCC(=O)OC[C@H](COP(=O)(O)OCCN)OC(=O)CCCCC(=O)C[C@@H]1[C@@H](/C=C/[C@@H](O)CCCCC)[C@H](O)C[C@@H]1O. The number of phosphoric ester groups is 1. The molecule has 0 aliphatic heterocycles. The molecule has 7 atom stereocenters. The Morgan fingerprint density at radius 1 is 0.754 bits per heavy atom. The largest absolute Gasteiger partial charge is 0.472 e. The minimum Gasteiger partial charge on any atom is -0.462 e. The van der Waals surface area contributed by atoms with Crippen molar-refractivity contribution in [3.05, 3.63) is 24.3 Å². The van der Waals surface area contributed by atoms with E-state index in [-0.39, 0.29) is 57.6 Å². The molecule has 332 valence electrons. The van der Waals surface area contributed by atoms with E-state index in [1.54, 1.807) is 12.2 Å². The van der Waals surface area contributed by atoms with Gasteiger partial charge in [-0.05, 0) is 51.4 Å². The molecule has 1 rings (SSSR count). The van der Waals surface area contributed by atoms with Gasteiger partial charge in [-0.3, -0.25) is 23.4 Å². The van der Waals surface area contributed by atoms with Crippen LogP contribution in [0.5, 0.6) is 0 Å². The summed E-state index contributed by atoms with van der Waals surface area (Å²) in [5, 5.41) is 31.3. The van der Waals surface area contributed by atoms with Gasteiger partial charge in [0.1, 0.15) is 12.4 Å². The van der Waals surface area contributed by atoms with Gasteiger partial charge >= 0.3 is 19.8 Å². The van der Waals surface area contributed by atoms with E-state index in [0.717, 1.165) is 44.9 Å². The lowest BCUT2D eigenvalue weighted by Gasteiger charge is -2.20. The van der Waals surface area contributed by atoms with Crippen molar-refractivity contribution in [3.63, 3.8) is 0 Å². The molecule has 1 aliphatic rings. The Hall–Kier alpha value is -1.96. The summed E-state index contributed by atoms with van der Waals surface area (Å²) >= 11 is 0. The average Bonchev–Trinajstić information content (AvgIpc) is 3.44. The van der Waals surface area contributed by atoms with Gasteiger partial charge in [0.2, 0.25) is 0 Å². The van der Waals surface area contributed by atoms with Crippen molar-refractivity contribution in [2.75, 3.05) is 26.4 Å². The maximum absolute atomic E-state index is 12.8. The Balaban J connectivity index is 2.43. The number of nitrogens with two attached hydrogens (primary N) is 1. The highest BCUT2D eigenvalue weighted by molar-refractivity contribution is 7.47. The van der Waals surface area contributed by atoms with Crippen molar-refractivity contribution < 1.29 is 57.7 Å². The summed E-state index contributed by atoms with van der Waals surface area (Å²) in [7, 11) is -4.48. The van der Waals surface area contributed by atoms with Gasteiger partial charge in [0.25, 0.3) is 0 Å². The highest BCUT2D eigenvalue weighted by Crippen LogP contribution is 2.43. The third-order valence-corrected chi connectivity index (χ3v) is 11.3. The lowest BCUT2D eigenvalue weighted by atomic mass is 9.87. The summed E-state index contributed by atoms with van der Waals surface area (Å²) in [5.41, 5.74) is 5.33. The van der Waals surface area contributed by atoms with Crippen molar-refractivity contribution in [1.29, 1.82) is 0 Å². The van der Waals surface area contributed by atoms with Crippen molar-refractivity contribution in [2.24, 2.45) is 17.6 Å². The molecule has 0 aromatic carbocycles. The van der Waals surface area contributed by atoms with E-state index in [9.17, 15) is 39.2 Å². The maximum Gasteiger partial charge on any atom is 0.472 e. The summed E-state index contributed by atoms with van der Waals surface area (Å²) in [4.78, 5) is 47.9. The predicted molar refractivity (Wildman–Crippen MR) is 222 cm³/mol. The third kappa shape index (κ3) is 28.2. The number of allylic oxidation sites excluding steroid dienone is 2. The molecule has 14 heteroatoms. The van der Waals surface area contributed by atoms with E-state index >= 15 is 0 Å². The monoisotopic (exact) mass is 832 g/mol. The Morgan fingerprint density at radius 3 is 2.00 bits per heavy atom. The number of carbonyl (C=O) groups is 3. The number of ketones is 1. The van der Waals surface area contributed by atoms with Crippen molar-refractivity contribution in [2.45, 2.75) is 192 Å². The summed E-state index contributed by atoms with van der Waals surface area (Å²) in [6.07, 6.45) is 24.1. The van der Waals surface area contributed by atoms with Gasteiger partial charge in [0.05, 0.1) is 31.5 Å². The molecule has 0 heterocycles. The van der Waals surface area contributed by atoms with Crippen molar-refractivity contribution in [3.8, 4) is 0 Å². The van der Waals surface area contributed by atoms with Crippen LogP contribution in [0.3, 0.4) is 0 Å². The van der Waals surface area contributed by atoms with Crippen LogP contribution in [-0.2, 0) is 37.5 Å². The number of rotatable bonds is 37. The number of phosphoric acid groups is 1. The highest BCUT2D eigenvalue weighted by atomic mass is 31.2. The second kappa shape index (κ2) is 33.8. The molecule has 1 aliphatic carbocycles.